The van der Waals surface area contributed by atoms with E-state index in [1.54, 1.807) is 6.07 Å². The van der Waals surface area contributed by atoms with E-state index in [9.17, 15) is 13.2 Å². The Morgan fingerprint density at radius 2 is 1.76 bits per heavy atom. The molecule has 0 bridgehead atoms. The zero-order valence-electron chi connectivity index (χ0n) is 14.2. The average molecular weight is 349 g/mol. The van der Waals surface area contributed by atoms with Crippen LogP contribution in [0.25, 0.3) is 0 Å². The molecule has 6 heteroatoms. The first kappa shape index (κ1) is 17.7. The highest BCUT2D eigenvalue weighted by atomic mass is 19.4. The second-order valence-electron chi connectivity index (χ2n) is 6.46. The van der Waals surface area contributed by atoms with Gasteiger partial charge in [0.25, 0.3) is 0 Å². The van der Waals surface area contributed by atoms with Gasteiger partial charge >= 0.3 is 6.18 Å². The van der Waals surface area contributed by atoms with E-state index in [4.69, 9.17) is 0 Å². The monoisotopic (exact) mass is 349 g/mol. The second kappa shape index (κ2) is 7.44. The van der Waals surface area contributed by atoms with Gasteiger partial charge < -0.3 is 4.90 Å². The molecule has 25 heavy (non-hydrogen) atoms. The lowest BCUT2D eigenvalue weighted by Crippen LogP contribution is -2.34. The Morgan fingerprint density at radius 3 is 2.48 bits per heavy atom. The number of aromatic nitrogens is 1. The van der Waals surface area contributed by atoms with Crippen molar-refractivity contribution in [2.75, 3.05) is 24.5 Å². The first-order valence-electron chi connectivity index (χ1n) is 8.50. The SMILES string of the molecule is CC1CCN(c2cccc(C(F)(F)F)n2)CCN1Cc1ccccc1. The molecule has 2 heterocycles. The van der Waals surface area contributed by atoms with E-state index in [2.05, 4.69) is 28.9 Å². The third kappa shape index (κ3) is 4.51. The number of rotatable bonds is 3. The van der Waals surface area contributed by atoms with Crippen molar-refractivity contribution in [3.8, 4) is 0 Å². The minimum absolute atomic E-state index is 0.371. The number of benzene rings is 1. The molecular weight excluding hydrogens is 327 g/mol. The van der Waals surface area contributed by atoms with Crippen LogP contribution in [0.5, 0.6) is 0 Å². The van der Waals surface area contributed by atoms with E-state index in [0.717, 1.165) is 25.6 Å². The molecule has 2 aromatic rings. The lowest BCUT2D eigenvalue weighted by molar-refractivity contribution is -0.141. The van der Waals surface area contributed by atoms with Crippen molar-refractivity contribution in [2.24, 2.45) is 0 Å². The average Bonchev–Trinajstić information content (AvgIpc) is 2.78. The summed E-state index contributed by atoms with van der Waals surface area (Å²) in [5.41, 5.74) is 0.420. The Kier molecular flexibility index (Phi) is 5.27. The molecule has 1 saturated heterocycles. The third-order valence-electron chi connectivity index (χ3n) is 4.67. The van der Waals surface area contributed by atoms with Gasteiger partial charge in [0.2, 0.25) is 0 Å². The number of hydrogen-bond acceptors (Lipinski definition) is 3. The normalized spacial score (nSPS) is 19.7. The summed E-state index contributed by atoms with van der Waals surface area (Å²) in [6.07, 6.45) is -3.51. The standard InChI is InChI=1S/C19H22F3N3/c1-15-10-11-24(18-9-5-8-17(23-18)19(20,21)22)12-13-25(15)14-16-6-3-2-4-7-16/h2-9,15H,10-14H2,1H3. The second-order valence-corrected chi connectivity index (χ2v) is 6.46. The molecule has 1 aromatic carbocycles. The first-order chi connectivity index (χ1) is 11.9. The van der Waals surface area contributed by atoms with E-state index in [1.165, 1.54) is 11.6 Å². The fourth-order valence-corrected chi connectivity index (χ4v) is 3.15. The van der Waals surface area contributed by atoms with Gasteiger partial charge in [-0.25, -0.2) is 4.98 Å². The Morgan fingerprint density at radius 1 is 1.00 bits per heavy atom. The van der Waals surface area contributed by atoms with E-state index in [-0.39, 0.29) is 0 Å². The van der Waals surface area contributed by atoms with Crippen LogP contribution < -0.4 is 4.90 Å². The largest absolute Gasteiger partial charge is 0.433 e. The zero-order chi connectivity index (χ0) is 17.9. The lowest BCUT2D eigenvalue weighted by atomic mass is 10.1. The summed E-state index contributed by atoms with van der Waals surface area (Å²) in [5, 5.41) is 0. The molecule has 134 valence electrons. The van der Waals surface area contributed by atoms with Gasteiger partial charge in [0, 0.05) is 32.2 Å². The van der Waals surface area contributed by atoms with Crippen molar-refractivity contribution in [1.82, 2.24) is 9.88 Å². The maximum absolute atomic E-state index is 12.9. The van der Waals surface area contributed by atoms with Gasteiger partial charge in [0.05, 0.1) is 0 Å². The van der Waals surface area contributed by atoms with Gasteiger partial charge in [0.15, 0.2) is 0 Å². The van der Waals surface area contributed by atoms with Gasteiger partial charge in [-0.3, -0.25) is 4.90 Å². The van der Waals surface area contributed by atoms with E-state index in [0.29, 0.717) is 24.9 Å². The Hall–Kier alpha value is -2.08. The fraction of sp³-hybridized carbons (Fsp3) is 0.421. The molecule has 1 aliphatic rings. The molecule has 0 spiro atoms. The van der Waals surface area contributed by atoms with E-state index in [1.807, 2.05) is 23.1 Å². The lowest BCUT2D eigenvalue weighted by Gasteiger charge is -2.26. The molecule has 1 aliphatic heterocycles. The van der Waals surface area contributed by atoms with E-state index < -0.39 is 11.9 Å². The minimum Gasteiger partial charge on any atom is -0.355 e. The molecule has 1 fully saturated rings. The summed E-state index contributed by atoms with van der Waals surface area (Å²) < 4.78 is 38.7. The molecule has 0 radical (unpaired) electrons. The van der Waals surface area contributed by atoms with Gasteiger partial charge in [0.1, 0.15) is 11.5 Å². The molecule has 0 N–H and O–H groups in total. The number of pyridine rings is 1. The number of hydrogen-bond donors (Lipinski definition) is 0. The van der Waals surface area contributed by atoms with Crippen molar-refractivity contribution in [3.63, 3.8) is 0 Å². The van der Waals surface area contributed by atoms with Gasteiger partial charge in [-0.2, -0.15) is 13.2 Å². The molecule has 0 aliphatic carbocycles. The van der Waals surface area contributed by atoms with Crippen LogP contribution in [0, 0.1) is 0 Å². The van der Waals surface area contributed by atoms with Crippen molar-refractivity contribution in [3.05, 3.63) is 59.8 Å². The number of alkyl halides is 3. The first-order valence-corrected chi connectivity index (χ1v) is 8.50. The highest BCUT2D eigenvalue weighted by Crippen LogP contribution is 2.29. The van der Waals surface area contributed by atoms with Crippen molar-refractivity contribution in [1.29, 1.82) is 0 Å². The van der Waals surface area contributed by atoms with Crippen LogP contribution in [0.2, 0.25) is 0 Å². The number of halogens is 3. The van der Waals surface area contributed by atoms with Crippen molar-refractivity contribution < 1.29 is 13.2 Å². The quantitative estimate of drug-likeness (QED) is 0.828. The van der Waals surface area contributed by atoms with Crippen LogP contribution in [-0.2, 0) is 12.7 Å². The molecule has 1 atom stereocenters. The minimum atomic E-state index is -4.41. The summed E-state index contributed by atoms with van der Waals surface area (Å²) in [6, 6.07) is 14.7. The highest BCUT2D eigenvalue weighted by molar-refractivity contribution is 5.40. The van der Waals surface area contributed by atoms with Crippen LogP contribution in [0.4, 0.5) is 19.0 Å². The summed E-state index contributed by atoms with van der Waals surface area (Å²) in [5.74, 6) is 0.406. The van der Waals surface area contributed by atoms with Gasteiger partial charge in [-0.05, 0) is 31.0 Å². The maximum Gasteiger partial charge on any atom is 0.433 e. The van der Waals surface area contributed by atoms with Crippen LogP contribution in [0.1, 0.15) is 24.6 Å². The van der Waals surface area contributed by atoms with Crippen LogP contribution in [0.3, 0.4) is 0 Å². The molecule has 3 nitrogen and oxygen atoms in total. The predicted molar refractivity (Wildman–Crippen MR) is 92.4 cm³/mol. The predicted octanol–water partition coefficient (Wildman–Crippen LogP) is 4.20. The smallest absolute Gasteiger partial charge is 0.355 e. The summed E-state index contributed by atoms with van der Waals surface area (Å²) >= 11 is 0. The molecular formula is C19H22F3N3. The van der Waals surface area contributed by atoms with Crippen LogP contribution >= 0.6 is 0 Å². The third-order valence-corrected chi connectivity index (χ3v) is 4.67. The number of anilines is 1. The van der Waals surface area contributed by atoms with Crippen LogP contribution in [0.15, 0.2) is 48.5 Å². The Labute approximate surface area is 146 Å². The molecule has 3 rings (SSSR count). The summed E-state index contributed by atoms with van der Waals surface area (Å²) in [7, 11) is 0. The Bertz CT molecular complexity index is 688. The van der Waals surface area contributed by atoms with Gasteiger partial charge in [-0.15, -0.1) is 0 Å². The molecule has 0 amide bonds. The van der Waals surface area contributed by atoms with Gasteiger partial charge in [-0.1, -0.05) is 36.4 Å². The topological polar surface area (TPSA) is 19.4 Å². The summed E-state index contributed by atoms with van der Waals surface area (Å²) in [6.45, 7) is 5.21. The zero-order valence-corrected chi connectivity index (χ0v) is 14.2. The highest BCUT2D eigenvalue weighted by Gasteiger charge is 2.33. The maximum atomic E-state index is 12.9. The molecule has 1 unspecified atom stereocenters. The molecule has 1 aromatic heterocycles. The fourth-order valence-electron chi connectivity index (χ4n) is 3.15. The van der Waals surface area contributed by atoms with Crippen LogP contribution in [-0.4, -0.2) is 35.6 Å². The summed E-state index contributed by atoms with van der Waals surface area (Å²) in [4.78, 5) is 8.16. The van der Waals surface area contributed by atoms with Crippen molar-refractivity contribution >= 4 is 5.82 Å². The Balaban J connectivity index is 1.70. The molecule has 0 saturated carbocycles. The van der Waals surface area contributed by atoms with Crippen molar-refractivity contribution in [2.45, 2.75) is 32.1 Å². The van der Waals surface area contributed by atoms with E-state index >= 15 is 0 Å². The number of nitrogens with zero attached hydrogens (tertiary/aromatic N) is 3.